The van der Waals surface area contributed by atoms with E-state index in [1.807, 2.05) is 12.1 Å². The molecule has 0 saturated carbocycles. The van der Waals surface area contributed by atoms with Gasteiger partial charge in [0.2, 0.25) is 11.7 Å². The number of piperidine rings is 1. The van der Waals surface area contributed by atoms with E-state index in [0.29, 0.717) is 35.9 Å². The molecule has 198 valence electrons. The summed E-state index contributed by atoms with van der Waals surface area (Å²) in [6.45, 7) is 2.89. The predicted octanol–water partition coefficient (Wildman–Crippen LogP) is -2.91. The first kappa shape index (κ1) is 28.4. The van der Waals surface area contributed by atoms with Gasteiger partial charge in [0.25, 0.3) is 11.8 Å². The normalized spacial score (nSPS) is 26.9. The summed E-state index contributed by atoms with van der Waals surface area (Å²) >= 11 is 0. The number of nitrogens with one attached hydrogen (secondary N) is 2. The van der Waals surface area contributed by atoms with Gasteiger partial charge in [0, 0.05) is 43.0 Å². The third kappa shape index (κ3) is 4.27. The number of nitrogens with zero attached hydrogens (tertiary/aromatic N) is 2. The van der Waals surface area contributed by atoms with Gasteiger partial charge in [-0.1, -0.05) is 30.3 Å². The van der Waals surface area contributed by atoms with Crippen LogP contribution in [0.1, 0.15) is 27.0 Å². The molecule has 2 aromatic rings. The topological polar surface area (TPSA) is 152 Å². The molecule has 2 atom stereocenters. The van der Waals surface area contributed by atoms with Gasteiger partial charge in [-0.25, -0.2) is 0 Å². The summed E-state index contributed by atoms with van der Waals surface area (Å²) in [5.41, 5.74) is -4.36. The number of hydrogen-bond donors (Lipinski definition) is 5. The molecule has 40 heavy (non-hydrogen) atoms. The minimum Gasteiger partial charge on any atom is -0.392 e. The van der Waals surface area contributed by atoms with Crippen molar-refractivity contribution in [1.82, 2.24) is 15.1 Å². The van der Waals surface area contributed by atoms with Crippen molar-refractivity contribution in [3.63, 3.8) is 0 Å². The van der Waals surface area contributed by atoms with Crippen LogP contribution in [0.4, 0.5) is 5.69 Å². The number of morpholine rings is 1. The van der Waals surface area contributed by atoms with Gasteiger partial charge in [-0.3, -0.25) is 24.6 Å². The number of amides is 3. The molecule has 2 fully saturated rings. The van der Waals surface area contributed by atoms with Crippen molar-refractivity contribution >= 4 is 54.8 Å². The number of ether oxygens (including phenoxy) is 1. The third-order valence-corrected chi connectivity index (χ3v) is 7.68. The van der Waals surface area contributed by atoms with Crippen LogP contribution in [-0.2, 0) is 32.8 Å². The molecular weight excluding hydrogens is 512 g/mol. The van der Waals surface area contributed by atoms with E-state index in [9.17, 15) is 29.7 Å². The number of benzene rings is 2. The van der Waals surface area contributed by atoms with E-state index in [-0.39, 0.29) is 11.1 Å². The molecule has 5 N–H and O–H groups in total. The second kappa shape index (κ2) is 9.78. The number of carbonyl (C=O) groups excluding carboxylic acids is 3. The quantitative estimate of drug-likeness (QED) is 0.149. The van der Waals surface area contributed by atoms with Crippen LogP contribution in [0.25, 0.3) is 0 Å². The SMILES string of the molecule is [B]C([B])(Nc1cccc2c1CN(C1([B])C(=O)NC(=O)C([B])(O)C1(O)O)C2=O)c1ccccc1CN1CCOCC1. The van der Waals surface area contributed by atoms with Crippen LogP contribution >= 0.6 is 0 Å². The zero-order valence-corrected chi connectivity index (χ0v) is 21.5. The number of imide groups is 1. The van der Waals surface area contributed by atoms with E-state index < -0.39 is 46.3 Å². The van der Waals surface area contributed by atoms with Gasteiger partial charge >= 0.3 is 0 Å². The highest BCUT2D eigenvalue weighted by atomic mass is 16.5. The molecule has 2 aromatic carbocycles. The van der Waals surface area contributed by atoms with Gasteiger partial charge < -0.3 is 30.3 Å². The first-order chi connectivity index (χ1) is 18.7. The van der Waals surface area contributed by atoms with Crippen molar-refractivity contribution in [2.45, 2.75) is 35.2 Å². The number of fused-ring (bicyclic) bond motifs is 1. The van der Waals surface area contributed by atoms with E-state index in [4.69, 9.17) is 36.1 Å². The number of aliphatic hydroxyl groups is 3. The van der Waals surface area contributed by atoms with E-state index in [1.54, 1.807) is 23.5 Å². The number of hydrogen-bond acceptors (Lipinski definition) is 9. The Balaban J connectivity index is 1.46. The van der Waals surface area contributed by atoms with Crippen LogP contribution in [0.2, 0.25) is 0 Å². The standard InChI is InChI=1S/C25H24B4N4O7/c26-22(20(35)30-21(36)23(27,37)25(22,38)39)33-13-16-15(19(33)34)5-3-7-18(16)31-24(28,29)17-6-2-1-4-14(17)12-32-8-10-40-11-9-32/h1-7,31,37-39H,8-13H2,(H,30,35,36). The van der Waals surface area contributed by atoms with E-state index >= 15 is 0 Å². The fourth-order valence-corrected chi connectivity index (χ4v) is 5.30. The molecule has 3 aliphatic heterocycles. The van der Waals surface area contributed by atoms with Gasteiger partial charge in [-0.05, 0) is 28.6 Å². The molecule has 11 nitrogen and oxygen atoms in total. The smallest absolute Gasteiger partial charge is 0.255 e. The lowest BCUT2D eigenvalue weighted by Gasteiger charge is -2.54. The molecule has 0 bridgehead atoms. The maximum atomic E-state index is 13.4. The fourth-order valence-electron chi connectivity index (χ4n) is 5.30. The summed E-state index contributed by atoms with van der Waals surface area (Å²) in [7, 11) is 24.7. The highest BCUT2D eigenvalue weighted by molar-refractivity contribution is 6.42. The molecule has 3 heterocycles. The van der Waals surface area contributed by atoms with Gasteiger partial charge in [0.05, 0.1) is 28.9 Å². The Kier molecular flexibility index (Phi) is 6.95. The van der Waals surface area contributed by atoms with Crippen molar-refractivity contribution in [2.75, 3.05) is 31.6 Å². The number of carbonyl (C=O) groups is 3. The van der Waals surface area contributed by atoms with Crippen LogP contribution in [-0.4, -0.2) is 117 Å². The van der Waals surface area contributed by atoms with Gasteiger partial charge in [0.1, 0.15) is 21.1 Å². The highest BCUT2D eigenvalue weighted by Crippen LogP contribution is 2.42. The maximum Gasteiger partial charge on any atom is 0.255 e. The largest absolute Gasteiger partial charge is 0.392 e. The summed E-state index contributed by atoms with van der Waals surface area (Å²) in [6.07, 6.45) is 0. The van der Waals surface area contributed by atoms with Crippen molar-refractivity contribution < 1.29 is 34.4 Å². The van der Waals surface area contributed by atoms with Crippen LogP contribution in [0.15, 0.2) is 42.5 Å². The monoisotopic (exact) mass is 536 g/mol. The summed E-state index contributed by atoms with van der Waals surface area (Å²) in [6, 6.07) is 12.0. The fraction of sp³-hybridized carbons (Fsp3) is 0.400. The van der Waals surface area contributed by atoms with E-state index in [1.165, 1.54) is 12.1 Å². The first-order valence-electron chi connectivity index (χ1n) is 12.5. The third-order valence-electron chi connectivity index (χ3n) is 7.68. The lowest BCUT2D eigenvalue weighted by molar-refractivity contribution is -0.277. The Morgan fingerprint density at radius 1 is 0.975 bits per heavy atom. The highest BCUT2D eigenvalue weighted by Gasteiger charge is 2.70. The van der Waals surface area contributed by atoms with E-state index in [2.05, 4.69) is 10.2 Å². The van der Waals surface area contributed by atoms with E-state index in [0.717, 1.165) is 18.7 Å². The van der Waals surface area contributed by atoms with Crippen molar-refractivity contribution in [1.29, 1.82) is 0 Å². The van der Waals surface area contributed by atoms with Crippen LogP contribution < -0.4 is 10.6 Å². The molecule has 2 saturated heterocycles. The molecule has 0 aromatic heterocycles. The molecule has 3 amide bonds. The average Bonchev–Trinajstić information content (AvgIpc) is 3.25. The summed E-state index contributed by atoms with van der Waals surface area (Å²) in [5.74, 6) is -7.69. The Labute approximate surface area is 235 Å². The Hall–Kier alpha value is -3.09. The molecule has 0 aliphatic carbocycles. The first-order valence-corrected chi connectivity index (χ1v) is 12.5. The minimum atomic E-state index is -3.76. The number of rotatable bonds is 6. The van der Waals surface area contributed by atoms with Crippen molar-refractivity contribution in [3.05, 3.63) is 64.7 Å². The molecule has 0 spiro atoms. The summed E-state index contributed by atoms with van der Waals surface area (Å²) in [4.78, 5) is 41.1. The molecule has 5 rings (SSSR count). The Morgan fingerprint density at radius 3 is 2.35 bits per heavy atom. The lowest BCUT2D eigenvalue weighted by atomic mass is 9.55. The zero-order chi connectivity index (χ0) is 29.1. The van der Waals surface area contributed by atoms with Gasteiger partial charge in [-0.2, -0.15) is 0 Å². The van der Waals surface area contributed by atoms with Crippen LogP contribution in [0.5, 0.6) is 0 Å². The number of anilines is 1. The van der Waals surface area contributed by atoms with Crippen molar-refractivity contribution in [2.24, 2.45) is 0 Å². The Bertz CT molecular complexity index is 1380. The summed E-state index contributed by atoms with van der Waals surface area (Å²) < 4.78 is 5.42. The van der Waals surface area contributed by atoms with Crippen LogP contribution in [0, 0.1) is 0 Å². The second-order valence-electron chi connectivity index (χ2n) is 10.3. The zero-order valence-electron chi connectivity index (χ0n) is 21.5. The Morgan fingerprint density at radius 2 is 1.65 bits per heavy atom. The lowest BCUT2D eigenvalue weighted by Crippen LogP contribution is -2.86. The van der Waals surface area contributed by atoms with Gasteiger partial charge in [-0.15, -0.1) is 0 Å². The molecule has 15 heteroatoms. The maximum absolute atomic E-state index is 13.4. The second-order valence-corrected chi connectivity index (χ2v) is 10.3. The average molecular weight is 536 g/mol. The molecular formula is C25H24B4N4O7. The minimum absolute atomic E-state index is 0.0493. The molecule has 3 aliphatic rings. The van der Waals surface area contributed by atoms with Crippen molar-refractivity contribution in [3.8, 4) is 0 Å². The predicted molar refractivity (Wildman–Crippen MR) is 145 cm³/mol. The molecule has 2 unspecified atom stereocenters. The summed E-state index contributed by atoms with van der Waals surface area (Å²) in [5, 5.41) is 34.8. The van der Waals surface area contributed by atoms with Gasteiger partial charge in [0.15, 0.2) is 5.50 Å². The molecule has 8 radical (unpaired) electrons. The van der Waals surface area contributed by atoms with Crippen LogP contribution in [0.3, 0.4) is 0 Å².